The second-order valence-electron chi connectivity index (χ2n) is 5.44. The molecule has 0 aliphatic carbocycles. The molecule has 1 heterocycles. The number of aryl methyl sites for hydroxylation is 1. The number of phenols is 1. The smallest absolute Gasteiger partial charge is 0.283 e. The number of nitrogens with zero attached hydrogens (tertiary/aromatic N) is 1. The molecular weight excluding hydrogens is 363 g/mol. The van der Waals surface area contributed by atoms with Gasteiger partial charge < -0.3 is 10.4 Å². The Morgan fingerprint density at radius 1 is 1.04 bits per heavy atom. The van der Waals surface area contributed by atoms with E-state index in [9.17, 15) is 14.7 Å². The summed E-state index contributed by atoms with van der Waals surface area (Å²) in [6.07, 6.45) is 0.849. The second kappa shape index (κ2) is 6.78. The largest absolute Gasteiger partial charge is 0.506 e. The van der Waals surface area contributed by atoms with Gasteiger partial charge in [-0.1, -0.05) is 42.3 Å². The number of benzene rings is 2. The number of halogens is 2. The molecule has 1 aliphatic rings. The van der Waals surface area contributed by atoms with Crippen LogP contribution in [0.4, 0.5) is 11.4 Å². The number of anilines is 2. The van der Waals surface area contributed by atoms with Crippen LogP contribution in [0.25, 0.3) is 0 Å². The van der Waals surface area contributed by atoms with Gasteiger partial charge in [0.1, 0.15) is 16.5 Å². The number of hydrogen-bond acceptors (Lipinski definition) is 4. The quantitative estimate of drug-likeness (QED) is 0.623. The maximum Gasteiger partial charge on any atom is 0.283 e. The SMILES string of the molecule is CCc1ccc(N2C(=O)C(Cl)=C(Nc3cc(Cl)ccc3O)C2=O)cc1. The maximum absolute atomic E-state index is 12.7. The zero-order valence-electron chi connectivity index (χ0n) is 13.2. The highest BCUT2D eigenvalue weighted by atomic mass is 35.5. The number of carbonyl (C=O) groups is 2. The highest BCUT2D eigenvalue weighted by Crippen LogP contribution is 2.33. The van der Waals surface area contributed by atoms with Crippen LogP contribution >= 0.6 is 23.2 Å². The molecule has 5 nitrogen and oxygen atoms in total. The summed E-state index contributed by atoms with van der Waals surface area (Å²) in [7, 11) is 0. The van der Waals surface area contributed by atoms with Crippen molar-refractivity contribution in [3.05, 3.63) is 63.8 Å². The molecule has 2 aromatic carbocycles. The molecule has 2 amide bonds. The van der Waals surface area contributed by atoms with Crippen molar-refractivity contribution in [2.75, 3.05) is 10.2 Å². The second-order valence-corrected chi connectivity index (χ2v) is 6.26. The first-order valence-corrected chi connectivity index (χ1v) is 8.31. The van der Waals surface area contributed by atoms with E-state index in [-0.39, 0.29) is 22.2 Å². The van der Waals surface area contributed by atoms with E-state index < -0.39 is 11.8 Å². The van der Waals surface area contributed by atoms with Crippen LogP contribution in [0.3, 0.4) is 0 Å². The number of nitrogens with one attached hydrogen (secondary N) is 1. The molecule has 25 heavy (non-hydrogen) atoms. The normalized spacial score (nSPS) is 14.4. The van der Waals surface area contributed by atoms with Gasteiger partial charge in [0, 0.05) is 5.02 Å². The zero-order chi connectivity index (χ0) is 18.1. The molecule has 0 unspecified atom stereocenters. The molecule has 0 saturated carbocycles. The average molecular weight is 377 g/mol. The minimum absolute atomic E-state index is 0.108. The first kappa shape index (κ1) is 17.3. The van der Waals surface area contributed by atoms with Gasteiger partial charge in [0.2, 0.25) is 0 Å². The first-order chi connectivity index (χ1) is 11.9. The van der Waals surface area contributed by atoms with Crippen molar-refractivity contribution in [1.29, 1.82) is 0 Å². The molecule has 1 aliphatic heterocycles. The van der Waals surface area contributed by atoms with Crippen molar-refractivity contribution in [3.8, 4) is 5.75 Å². The Bertz CT molecular complexity index is 892. The number of aromatic hydroxyl groups is 1. The van der Waals surface area contributed by atoms with E-state index in [4.69, 9.17) is 23.2 Å². The number of carbonyl (C=O) groups excluding carboxylic acids is 2. The molecule has 0 fully saturated rings. The Balaban J connectivity index is 1.92. The highest BCUT2D eigenvalue weighted by molar-refractivity contribution is 6.53. The summed E-state index contributed by atoms with van der Waals surface area (Å²) in [5.41, 5.74) is 1.59. The van der Waals surface area contributed by atoms with E-state index in [1.807, 2.05) is 19.1 Å². The van der Waals surface area contributed by atoms with Crippen LogP contribution in [0.5, 0.6) is 5.75 Å². The lowest BCUT2D eigenvalue weighted by molar-refractivity contribution is -0.120. The van der Waals surface area contributed by atoms with Gasteiger partial charge >= 0.3 is 0 Å². The predicted octanol–water partition coefficient (Wildman–Crippen LogP) is 4.04. The molecule has 2 N–H and O–H groups in total. The highest BCUT2D eigenvalue weighted by Gasteiger charge is 2.39. The van der Waals surface area contributed by atoms with E-state index in [1.54, 1.807) is 12.1 Å². The van der Waals surface area contributed by atoms with E-state index in [0.717, 1.165) is 16.9 Å². The number of phenolic OH excluding ortho intramolecular Hbond substituents is 1. The lowest BCUT2D eigenvalue weighted by Gasteiger charge is -2.15. The maximum atomic E-state index is 12.7. The summed E-state index contributed by atoms with van der Waals surface area (Å²) >= 11 is 12.0. The fourth-order valence-corrected chi connectivity index (χ4v) is 2.85. The van der Waals surface area contributed by atoms with Crippen molar-refractivity contribution in [2.45, 2.75) is 13.3 Å². The lowest BCUT2D eigenvalue weighted by Crippen LogP contribution is -2.32. The van der Waals surface area contributed by atoms with Crippen molar-refractivity contribution in [3.63, 3.8) is 0 Å². The molecule has 0 atom stereocenters. The van der Waals surface area contributed by atoms with Gasteiger partial charge in [0.15, 0.2) is 0 Å². The Kier molecular flexibility index (Phi) is 4.70. The minimum atomic E-state index is -0.625. The van der Waals surface area contributed by atoms with Crippen LogP contribution in [-0.2, 0) is 16.0 Å². The molecule has 0 bridgehead atoms. The van der Waals surface area contributed by atoms with Gasteiger partial charge in [0.25, 0.3) is 11.8 Å². The predicted molar refractivity (Wildman–Crippen MR) is 97.9 cm³/mol. The van der Waals surface area contributed by atoms with Crippen LogP contribution in [0, 0.1) is 0 Å². The molecule has 0 spiro atoms. The Morgan fingerprint density at radius 2 is 1.72 bits per heavy atom. The Labute approximate surface area is 154 Å². The van der Waals surface area contributed by atoms with Crippen LogP contribution in [0.2, 0.25) is 5.02 Å². The van der Waals surface area contributed by atoms with Gasteiger partial charge in [-0.15, -0.1) is 0 Å². The molecule has 128 valence electrons. The molecule has 7 heteroatoms. The summed E-state index contributed by atoms with van der Waals surface area (Å²) in [5.74, 6) is -1.34. The van der Waals surface area contributed by atoms with Gasteiger partial charge in [-0.25, -0.2) is 4.90 Å². The van der Waals surface area contributed by atoms with Gasteiger partial charge in [-0.05, 0) is 42.3 Å². The summed E-state index contributed by atoms with van der Waals surface area (Å²) in [4.78, 5) is 26.1. The molecule has 0 saturated heterocycles. The fraction of sp³-hybridized carbons (Fsp3) is 0.111. The molecule has 0 aromatic heterocycles. The number of hydrogen-bond donors (Lipinski definition) is 2. The summed E-state index contributed by atoms with van der Waals surface area (Å²) in [5, 5.41) is 12.7. The van der Waals surface area contributed by atoms with Gasteiger partial charge in [-0.3, -0.25) is 9.59 Å². The summed E-state index contributed by atoms with van der Waals surface area (Å²) in [6.45, 7) is 2.01. The molecule has 0 radical (unpaired) electrons. The lowest BCUT2D eigenvalue weighted by atomic mass is 10.1. The molecule has 2 aromatic rings. The van der Waals surface area contributed by atoms with E-state index in [2.05, 4.69) is 5.32 Å². The fourth-order valence-electron chi connectivity index (χ4n) is 2.47. The van der Waals surface area contributed by atoms with Crippen molar-refractivity contribution < 1.29 is 14.7 Å². The third-order valence-corrected chi connectivity index (χ3v) is 4.43. The van der Waals surface area contributed by atoms with E-state index in [0.29, 0.717) is 10.7 Å². The van der Waals surface area contributed by atoms with Crippen LogP contribution in [0.15, 0.2) is 53.2 Å². The van der Waals surface area contributed by atoms with Crippen molar-refractivity contribution >= 4 is 46.4 Å². The summed E-state index contributed by atoms with van der Waals surface area (Å²) < 4.78 is 0. The van der Waals surface area contributed by atoms with E-state index >= 15 is 0 Å². The van der Waals surface area contributed by atoms with E-state index in [1.165, 1.54) is 18.2 Å². The number of rotatable bonds is 4. The van der Waals surface area contributed by atoms with Gasteiger partial charge in [-0.2, -0.15) is 0 Å². The number of imide groups is 1. The Hall–Kier alpha value is -2.50. The standard InChI is InChI=1S/C18H14Cl2N2O3/c1-2-10-3-6-12(7-4-10)22-17(24)15(20)16(18(22)25)21-13-9-11(19)5-8-14(13)23/h3-9,21,23H,2H2,1H3. The van der Waals surface area contributed by atoms with Gasteiger partial charge in [0.05, 0.1) is 11.4 Å². The molecular formula is C18H14Cl2N2O3. The van der Waals surface area contributed by atoms with Crippen molar-refractivity contribution in [1.82, 2.24) is 0 Å². The van der Waals surface area contributed by atoms with Crippen LogP contribution in [0.1, 0.15) is 12.5 Å². The third-order valence-electron chi connectivity index (χ3n) is 3.85. The summed E-state index contributed by atoms with van der Waals surface area (Å²) in [6, 6.07) is 11.4. The zero-order valence-corrected chi connectivity index (χ0v) is 14.7. The van der Waals surface area contributed by atoms with Crippen molar-refractivity contribution in [2.24, 2.45) is 0 Å². The minimum Gasteiger partial charge on any atom is -0.506 e. The van der Waals surface area contributed by atoms with Crippen LogP contribution in [-0.4, -0.2) is 16.9 Å². The third kappa shape index (κ3) is 3.21. The van der Waals surface area contributed by atoms with Crippen LogP contribution < -0.4 is 10.2 Å². The molecule has 3 rings (SSSR count). The first-order valence-electron chi connectivity index (χ1n) is 7.55. The number of amides is 2. The monoisotopic (exact) mass is 376 g/mol. The Morgan fingerprint density at radius 3 is 2.36 bits per heavy atom. The topological polar surface area (TPSA) is 69.6 Å². The average Bonchev–Trinajstić information content (AvgIpc) is 2.82.